The minimum Gasteiger partial charge on any atom is -0.480 e. The molecule has 1 fully saturated rings. The standard InChI is InChI=1S/C16H20N2O4/c1-10-3-5-12(6-4-10)8-18-9-13(7-14(18)19)15(20)17-11(2)16(21)22/h3-6,11,13H,7-9H2,1-2H3,(H,17,20)(H,21,22)/t11-,13?/m1/s1. The zero-order valence-corrected chi connectivity index (χ0v) is 12.7. The second kappa shape index (κ2) is 6.60. The molecule has 1 aliphatic heterocycles. The van der Waals surface area contributed by atoms with Crippen molar-refractivity contribution in [1.29, 1.82) is 0 Å². The summed E-state index contributed by atoms with van der Waals surface area (Å²) in [7, 11) is 0. The molecule has 0 spiro atoms. The molecule has 22 heavy (non-hydrogen) atoms. The van der Waals surface area contributed by atoms with Crippen LogP contribution in [0.2, 0.25) is 0 Å². The van der Waals surface area contributed by atoms with E-state index < -0.39 is 17.9 Å². The van der Waals surface area contributed by atoms with Gasteiger partial charge in [-0.25, -0.2) is 0 Å². The van der Waals surface area contributed by atoms with Crippen molar-refractivity contribution < 1.29 is 19.5 Å². The van der Waals surface area contributed by atoms with Gasteiger partial charge in [0.05, 0.1) is 5.92 Å². The number of carbonyl (C=O) groups excluding carboxylic acids is 2. The molecule has 2 amide bonds. The van der Waals surface area contributed by atoms with Gasteiger partial charge >= 0.3 is 5.97 Å². The molecular formula is C16H20N2O4. The fourth-order valence-corrected chi connectivity index (χ4v) is 2.41. The number of rotatable bonds is 5. The van der Waals surface area contributed by atoms with Crippen molar-refractivity contribution in [2.75, 3.05) is 6.54 Å². The number of nitrogens with zero attached hydrogens (tertiary/aromatic N) is 1. The molecule has 0 bridgehead atoms. The second-order valence-corrected chi connectivity index (χ2v) is 5.73. The maximum atomic E-state index is 12.0. The highest BCUT2D eigenvalue weighted by Crippen LogP contribution is 2.20. The number of nitrogens with one attached hydrogen (secondary N) is 1. The van der Waals surface area contributed by atoms with Crippen molar-refractivity contribution in [1.82, 2.24) is 10.2 Å². The molecule has 118 valence electrons. The molecule has 2 atom stereocenters. The monoisotopic (exact) mass is 304 g/mol. The van der Waals surface area contributed by atoms with Gasteiger partial charge in [-0.3, -0.25) is 14.4 Å². The van der Waals surface area contributed by atoms with Crippen LogP contribution in [-0.2, 0) is 20.9 Å². The Morgan fingerprint density at radius 2 is 2.00 bits per heavy atom. The van der Waals surface area contributed by atoms with Crippen LogP contribution >= 0.6 is 0 Å². The topological polar surface area (TPSA) is 86.7 Å². The Bertz CT molecular complexity index is 582. The van der Waals surface area contributed by atoms with E-state index in [1.54, 1.807) is 4.90 Å². The molecule has 6 nitrogen and oxygen atoms in total. The number of benzene rings is 1. The van der Waals surface area contributed by atoms with Gasteiger partial charge in [-0.05, 0) is 19.4 Å². The largest absolute Gasteiger partial charge is 0.480 e. The van der Waals surface area contributed by atoms with Gasteiger partial charge in [0.25, 0.3) is 0 Å². The van der Waals surface area contributed by atoms with E-state index in [9.17, 15) is 14.4 Å². The van der Waals surface area contributed by atoms with Crippen LogP contribution in [0.5, 0.6) is 0 Å². The van der Waals surface area contributed by atoms with Crippen LogP contribution in [0.4, 0.5) is 0 Å². The maximum Gasteiger partial charge on any atom is 0.325 e. The fraction of sp³-hybridized carbons (Fsp3) is 0.438. The SMILES string of the molecule is Cc1ccc(CN2CC(C(=O)N[C@H](C)C(=O)O)CC2=O)cc1. The number of carbonyl (C=O) groups is 3. The van der Waals surface area contributed by atoms with Gasteiger partial charge in [-0.2, -0.15) is 0 Å². The van der Waals surface area contributed by atoms with E-state index in [0.29, 0.717) is 13.1 Å². The quantitative estimate of drug-likeness (QED) is 0.847. The predicted molar refractivity (Wildman–Crippen MR) is 79.9 cm³/mol. The molecule has 2 N–H and O–H groups in total. The van der Waals surface area contributed by atoms with Gasteiger partial charge in [-0.1, -0.05) is 29.8 Å². The Morgan fingerprint density at radius 3 is 2.59 bits per heavy atom. The van der Waals surface area contributed by atoms with Crippen LogP contribution in [-0.4, -0.2) is 40.4 Å². The van der Waals surface area contributed by atoms with Gasteiger partial charge in [0.2, 0.25) is 11.8 Å². The van der Waals surface area contributed by atoms with Crippen LogP contribution in [0.1, 0.15) is 24.5 Å². The Kier molecular flexibility index (Phi) is 4.80. The molecule has 6 heteroatoms. The van der Waals surface area contributed by atoms with Gasteiger partial charge in [0.1, 0.15) is 6.04 Å². The van der Waals surface area contributed by atoms with Crippen molar-refractivity contribution >= 4 is 17.8 Å². The number of hydrogen-bond acceptors (Lipinski definition) is 3. The van der Waals surface area contributed by atoms with E-state index in [1.807, 2.05) is 31.2 Å². The third kappa shape index (κ3) is 3.84. The predicted octanol–water partition coefficient (Wildman–Crippen LogP) is 0.933. The maximum absolute atomic E-state index is 12.0. The molecular weight excluding hydrogens is 284 g/mol. The average molecular weight is 304 g/mol. The number of carboxylic acids is 1. The number of carboxylic acid groups (broad SMARTS) is 1. The normalized spacial score (nSPS) is 19.1. The Morgan fingerprint density at radius 1 is 1.36 bits per heavy atom. The lowest BCUT2D eigenvalue weighted by molar-refractivity contribution is -0.141. The summed E-state index contributed by atoms with van der Waals surface area (Å²) < 4.78 is 0. The van der Waals surface area contributed by atoms with E-state index in [1.165, 1.54) is 6.92 Å². The summed E-state index contributed by atoms with van der Waals surface area (Å²) in [6.07, 6.45) is 0.129. The molecule has 1 heterocycles. The molecule has 1 aromatic carbocycles. The molecule has 1 unspecified atom stereocenters. The lowest BCUT2D eigenvalue weighted by Gasteiger charge is -2.17. The van der Waals surface area contributed by atoms with E-state index in [4.69, 9.17) is 5.11 Å². The summed E-state index contributed by atoms with van der Waals surface area (Å²) in [6.45, 7) is 4.19. The highest BCUT2D eigenvalue weighted by molar-refractivity contribution is 5.91. The number of amides is 2. The van der Waals surface area contributed by atoms with Crippen molar-refractivity contribution in [3.63, 3.8) is 0 Å². The highest BCUT2D eigenvalue weighted by Gasteiger charge is 2.35. The van der Waals surface area contributed by atoms with Gasteiger partial charge in [0.15, 0.2) is 0 Å². The third-order valence-corrected chi connectivity index (χ3v) is 3.81. The van der Waals surface area contributed by atoms with Crippen LogP contribution in [0.15, 0.2) is 24.3 Å². The fourth-order valence-electron chi connectivity index (χ4n) is 2.41. The summed E-state index contributed by atoms with van der Waals surface area (Å²) in [5, 5.41) is 11.2. The Balaban J connectivity index is 1.94. The summed E-state index contributed by atoms with van der Waals surface area (Å²) >= 11 is 0. The Labute approximate surface area is 129 Å². The van der Waals surface area contributed by atoms with Crippen LogP contribution in [0.25, 0.3) is 0 Å². The minimum absolute atomic E-state index is 0.0799. The first-order chi connectivity index (χ1) is 10.4. The molecule has 0 radical (unpaired) electrons. The summed E-state index contributed by atoms with van der Waals surface area (Å²) in [4.78, 5) is 36.4. The van der Waals surface area contributed by atoms with Crippen LogP contribution in [0, 0.1) is 12.8 Å². The van der Waals surface area contributed by atoms with Crippen molar-refractivity contribution in [3.8, 4) is 0 Å². The number of aliphatic carboxylic acids is 1. The zero-order chi connectivity index (χ0) is 16.3. The molecule has 1 aromatic rings. The van der Waals surface area contributed by atoms with E-state index in [2.05, 4.69) is 5.32 Å². The zero-order valence-electron chi connectivity index (χ0n) is 12.7. The third-order valence-electron chi connectivity index (χ3n) is 3.81. The molecule has 0 saturated carbocycles. The van der Waals surface area contributed by atoms with Crippen molar-refractivity contribution in [2.45, 2.75) is 32.9 Å². The first-order valence-corrected chi connectivity index (χ1v) is 7.23. The number of aryl methyl sites for hydroxylation is 1. The average Bonchev–Trinajstić information content (AvgIpc) is 2.82. The second-order valence-electron chi connectivity index (χ2n) is 5.73. The van der Waals surface area contributed by atoms with E-state index in [-0.39, 0.29) is 18.2 Å². The number of likely N-dealkylation sites (tertiary alicyclic amines) is 1. The summed E-state index contributed by atoms with van der Waals surface area (Å²) in [6, 6.07) is 6.93. The smallest absolute Gasteiger partial charge is 0.325 e. The lowest BCUT2D eigenvalue weighted by atomic mass is 10.1. The molecule has 0 aromatic heterocycles. The highest BCUT2D eigenvalue weighted by atomic mass is 16.4. The Hall–Kier alpha value is -2.37. The van der Waals surface area contributed by atoms with Crippen LogP contribution < -0.4 is 5.32 Å². The number of hydrogen-bond donors (Lipinski definition) is 2. The van der Waals surface area contributed by atoms with Gasteiger partial charge in [0, 0.05) is 19.5 Å². The van der Waals surface area contributed by atoms with E-state index in [0.717, 1.165) is 11.1 Å². The van der Waals surface area contributed by atoms with Gasteiger partial charge in [-0.15, -0.1) is 0 Å². The summed E-state index contributed by atoms with van der Waals surface area (Å²) in [5.74, 6) is -2.03. The van der Waals surface area contributed by atoms with E-state index >= 15 is 0 Å². The van der Waals surface area contributed by atoms with Crippen LogP contribution in [0.3, 0.4) is 0 Å². The summed E-state index contributed by atoms with van der Waals surface area (Å²) in [5.41, 5.74) is 2.16. The lowest BCUT2D eigenvalue weighted by Crippen LogP contribution is -2.42. The first-order valence-electron chi connectivity index (χ1n) is 7.23. The van der Waals surface area contributed by atoms with Gasteiger partial charge < -0.3 is 15.3 Å². The molecule has 1 saturated heterocycles. The van der Waals surface area contributed by atoms with Crippen molar-refractivity contribution in [3.05, 3.63) is 35.4 Å². The van der Waals surface area contributed by atoms with Crippen molar-refractivity contribution in [2.24, 2.45) is 5.92 Å². The minimum atomic E-state index is -1.09. The first kappa shape index (κ1) is 16.0. The molecule has 0 aliphatic carbocycles. The molecule has 1 aliphatic rings. The molecule has 2 rings (SSSR count).